The molecule has 8 heteroatoms. The summed E-state index contributed by atoms with van der Waals surface area (Å²) in [5.74, 6) is -1.35. The first-order chi connectivity index (χ1) is 13.9. The lowest BCUT2D eigenvalue weighted by Gasteiger charge is -2.24. The number of carbonyl (C=O) groups is 1. The average Bonchev–Trinajstić information content (AvgIpc) is 2.72. The summed E-state index contributed by atoms with van der Waals surface area (Å²) < 4.78 is 41.6. The molecule has 1 amide bonds. The van der Waals surface area contributed by atoms with Gasteiger partial charge < -0.3 is 0 Å². The lowest BCUT2D eigenvalue weighted by Crippen LogP contribution is -2.40. The van der Waals surface area contributed by atoms with Crippen LogP contribution in [-0.2, 0) is 14.8 Å². The number of nitrogens with zero attached hydrogens (tertiary/aromatic N) is 2. The highest BCUT2D eigenvalue weighted by molar-refractivity contribution is 7.92. The Hall–Kier alpha value is -2.74. The van der Waals surface area contributed by atoms with Gasteiger partial charge in [-0.2, -0.15) is 5.10 Å². The van der Waals surface area contributed by atoms with Crippen molar-refractivity contribution in [1.82, 2.24) is 5.43 Å². The second-order valence-corrected chi connectivity index (χ2v) is 8.91. The molecule has 0 aromatic heterocycles. The van der Waals surface area contributed by atoms with Crippen molar-refractivity contribution in [2.45, 2.75) is 43.9 Å². The molecule has 1 saturated carbocycles. The molecule has 0 spiro atoms. The number of para-hydroxylation sites is 1. The van der Waals surface area contributed by atoms with Crippen molar-refractivity contribution < 1.29 is 17.6 Å². The van der Waals surface area contributed by atoms with E-state index in [0.29, 0.717) is 0 Å². The van der Waals surface area contributed by atoms with E-state index in [4.69, 9.17) is 0 Å². The molecule has 0 heterocycles. The number of hydrogen-bond donors (Lipinski definition) is 1. The minimum absolute atomic E-state index is 0.0160. The smallest absolute Gasteiger partial charge is 0.264 e. The summed E-state index contributed by atoms with van der Waals surface area (Å²) in [5, 5.41) is 4.12. The van der Waals surface area contributed by atoms with Gasteiger partial charge in [-0.3, -0.25) is 9.10 Å². The van der Waals surface area contributed by atoms with Crippen molar-refractivity contribution in [2.24, 2.45) is 5.10 Å². The fourth-order valence-corrected chi connectivity index (χ4v) is 4.60. The molecular weight excluding hydrogens is 393 g/mol. The van der Waals surface area contributed by atoms with Gasteiger partial charge in [-0.15, -0.1) is 0 Å². The van der Waals surface area contributed by atoms with E-state index in [1.165, 1.54) is 30.3 Å². The molecule has 0 atom stereocenters. The topological polar surface area (TPSA) is 78.8 Å². The standard InChI is InChI=1S/C21H24FN3O3S/c1-16-11-13-18(14-12-16)29(27,28)25(20-10-6-5-9-19(20)22)15-21(26)24-23-17-7-3-2-4-8-17/h5-6,9-14H,2-4,7-8,15H2,1H3,(H,24,26). The van der Waals surface area contributed by atoms with E-state index in [-0.39, 0.29) is 10.6 Å². The van der Waals surface area contributed by atoms with Crippen molar-refractivity contribution in [1.29, 1.82) is 0 Å². The van der Waals surface area contributed by atoms with Gasteiger partial charge in [-0.05, 0) is 56.9 Å². The molecule has 0 radical (unpaired) electrons. The van der Waals surface area contributed by atoms with Crippen molar-refractivity contribution in [3.8, 4) is 0 Å². The van der Waals surface area contributed by atoms with Gasteiger partial charge in [-0.1, -0.05) is 36.2 Å². The molecule has 29 heavy (non-hydrogen) atoms. The van der Waals surface area contributed by atoms with E-state index >= 15 is 0 Å². The summed E-state index contributed by atoms with van der Waals surface area (Å²) in [6.07, 6.45) is 4.83. The molecule has 1 aliphatic rings. The predicted octanol–water partition coefficient (Wildman–Crippen LogP) is 3.77. The molecule has 0 saturated heterocycles. The third kappa shape index (κ3) is 5.20. The minimum Gasteiger partial charge on any atom is -0.271 e. The van der Waals surface area contributed by atoms with Gasteiger partial charge in [0.05, 0.1) is 10.6 Å². The summed E-state index contributed by atoms with van der Waals surface area (Å²) in [6.45, 7) is 1.26. The van der Waals surface area contributed by atoms with Gasteiger partial charge in [0.15, 0.2) is 0 Å². The summed E-state index contributed by atoms with van der Waals surface area (Å²) in [6, 6.07) is 11.7. The highest BCUT2D eigenvalue weighted by Crippen LogP contribution is 2.26. The number of sulfonamides is 1. The largest absolute Gasteiger partial charge is 0.271 e. The van der Waals surface area contributed by atoms with Crippen LogP contribution in [0.2, 0.25) is 0 Å². The Morgan fingerprint density at radius 3 is 2.38 bits per heavy atom. The van der Waals surface area contributed by atoms with E-state index in [0.717, 1.165) is 53.8 Å². The van der Waals surface area contributed by atoms with Crippen molar-refractivity contribution in [2.75, 3.05) is 10.8 Å². The number of hydrazone groups is 1. The Bertz CT molecular complexity index is 996. The quantitative estimate of drug-likeness (QED) is 0.727. The number of carbonyl (C=O) groups excluding carboxylic acids is 1. The maximum Gasteiger partial charge on any atom is 0.264 e. The molecular formula is C21H24FN3O3S. The van der Waals surface area contributed by atoms with Gasteiger partial charge in [0, 0.05) is 5.71 Å². The van der Waals surface area contributed by atoms with Crippen molar-refractivity contribution in [3.63, 3.8) is 0 Å². The van der Waals surface area contributed by atoms with Gasteiger partial charge in [0.1, 0.15) is 12.4 Å². The van der Waals surface area contributed by atoms with E-state index in [9.17, 15) is 17.6 Å². The minimum atomic E-state index is -4.15. The number of anilines is 1. The van der Waals surface area contributed by atoms with Gasteiger partial charge in [-0.25, -0.2) is 18.2 Å². The van der Waals surface area contributed by atoms with Crippen LogP contribution in [0.25, 0.3) is 0 Å². The number of benzene rings is 2. The Kier molecular flexibility index (Phi) is 6.64. The highest BCUT2D eigenvalue weighted by Gasteiger charge is 2.29. The molecule has 6 nitrogen and oxygen atoms in total. The fourth-order valence-electron chi connectivity index (χ4n) is 3.17. The number of amides is 1. The number of aryl methyl sites for hydroxylation is 1. The number of hydrogen-bond acceptors (Lipinski definition) is 4. The third-order valence-corrected chi connectivity index (χ3v) is 6.56. The maximum atomic E-state index is 14.4. The number of halogens is 1. The van der Waals surface area contributed by atoms with Gasteiger partial charge in [0.2, 0.25) is 0 Å². The summed E-state index contributed by atoms with van der Waals surface area (Å²) >= 11 is 0. The van der Waals surface area contributed by atoms with Crippen LogP contribution in [0.5, 0.6) is 0 Å². The van der Waals surface area contributed by atoms with Crippen molar-refractivity contribution in [3.05, 3.63) is 59.9 Å². The number of rotatable bonds is 6. The first-order valence-corrected chi connectivity index (χ1v) is 11.0. The summed E-state index contributed by atoms with van der Waals surface area (Å²) in [4.78, 5) is 12.5. The van der Waals surface area contributed by atoms with Gasteiger partial charge in [0.25, 0.3) is 15.9 Å². The van der Waals surface area contributed by atoms with E-state index in [1.54, 1.807) is 12.1 Å². The predicted molar refractivity (Wildman–Crippen MR) is 111 cm³/mol. The zero-order valence-electron chi connectivity index (χ0n) is 16.3. The molecule has 3 rings (SSSR count). The van der Waals surface area contributed by atoms with Crippen LogP contribution in [-0.4, -0.2) is 26.6 Å². The highest BCUT2D eigenvalue weighted by atomic mass is 32.2. The Balaban J connectivity index is 1.88. The SMILES string of the molecule is Cc1ccc(S(=O)(=O)N(CC(=O)NN=C2CCCCC2)c2ccccc2F)cc1. The number of nitrogens with one attached hydrogen (secondary N) is 1. The van der Waals surface area contributed by atoms with E-state index in [1.807, 2.05) is 6.92 Å². The van der Waals surface area contributed by atoms with Crippen LogP contribution in [0.1, 0.15) is 37.7 Å². The summed E-state index contributed by atoms with van der Waals surface area (Å²) in [5.41, 5.74) is 4.02. The molecule has 2 aromatic carbocycles. The van der Waals surface area contributed by atoms with Crippen LogP contribution < -0.4 is 9.73 Å². The Morgan fingerprint density at radius 1 is 1.07 bits per heavy atom. The van der Waals surface area contributed by atoms with E-state index < -0.39 is 28.3 Å². The first kappa shape index (κ1) is 21.0. The molecule has 1 fully saturated rings. The van der Waals surface area contributed by atoms with Crippen LogP contribution >= 0.6 is 0 Å². The van der Waals surface area contributed by atoms with E-state index in [2.05, 4.69) is 10.5 Å². The zero-order chi connectivity index (χ0) is 20.9. The fraction of sp³-hybridized carbons (Fsp3) is 0.333. The molecule has 1 N–H and O–H groups in total. The van der Waals surface area contributed by atoms with Crippen molar-refractivity contribution >= 4 is 27.3 Å². The lowest BCUT2D eigenvalue weighted by molar-refractivity contribution is -0.119. The second-order valence-electron chi connectivity index (χ2n) is 7.05. The summed E-state index contributed by atoms with van der Waals surface area (Å²) in [7, 11) is -4.15. The first-order valence-electron chi connectivity index (χ1n) is 9.56. The third-order valence-electron chi connectivity index (χ3n) is 4.79. The van der Waals surface area contributed by atoms with Crippen LogP contribution in [0.15, 0.2) is 58.5 Å². The second kappa shape index (κ2) is 9.17. The van der Waals surface area contributed by atoms with Crippen LogP contribution in [0.4, 0.5) is 10.1 Å². The normalized spacial score (nSPS) is 14.3. The maximum absolute atomic E-state index is 14.4. The molecule has 0 bridgehead atoms. The van der Waals surface area contributed by atoms with Crippen LogP contribution in [0, 0.1) is 12.7 Å². The van der Waals surface area contributed by atoms with Crippen LogP contribution in [0.3, 0.4) is 0 Å². The molecule has 2 aromatic rings. The average molecular weight is 418 g/mol. The monoisotopic (exact) mass is 417 g/mol. The Labute approximate surface area is 170 Å². The zero-order valence-corrected chi connectivity index (χ0v) is 17.1. The lowest BCUT2D eigenvalue weighted by atomic mass is 9.99. The molecule has 0 unspecified atom stereocenters. The molecule has 0 aliphatic heterocycles. The molecule has 154 valence electrons. The van der Waals surface area contributed by atoms with Gasteiger partial charge >= 0.3 is 0 Å². The molecule has 1 aliphatic carbocycles. The Morgan fingerprint density at radius 2 is 1.72 bits per heavy atom.